The van der Waals surface area contributed by atoms with Crippen LogP contribution in [0, 0.1) is 11.3 Å². The SMILES string of the molecule is CC1(C(=O)N2CCC(SCC3CC3)C2)CC1. The third-order valence-corrected chi connectivity index (χ3v) is 5.73. The molecular weight excluding hydrogens is 218 g/mol. The highest BCUT2D eigenvalue weighted by Crippen LogP contribution is 2.47. The molecule has 90 valence electrons. The van der Waals surface area contributed by atoms with E-state index in [0.717, 1.165) is 37.1 Å². The number of carbonyl (C=O) groups excluding carboxylic acids is 1. The minimum atomic E-state index is 0.0377. The van der Waals surface area contributed by atoms with Gasteiger partial charge in [0.25, 0.3) is 0 Å². The Morgan fingerprint density at radius 2 is 2.12 bits per heavy atom. The molecule has 2 saturated carbocycles. The number of thioether (sulfide) groups is 1. The molecule has 0 spiro atoms. The fraction of sp³-hybridized carbons (Fsp3) is 0.923. The lowest BCUT2D eigenvalue weighted by molar-refractivity contribution is -0.135. The van der Waals surface area contributed by atoms with Gasteiger partial charge in [-0.1, -0.05) is 6.92 Å². The van der Waals surface area contributed by atoms with Crippen molar-refractivity contribution < 1.29 is 4.79 Å². The lowest BCUT2D eigenvalue weighted by Gasteiger charge is -2.20. The highest BCUT2D eigenvalue weighted by atomic mass is 32.2. The summed E-state index contributed by atoms with van der Waals surface area (Å²) in [6.45, 7) is 4.16. The summed E-state index contributed by atoms with van der Waals surface area (Å²) in [5, 5.41) is 0.729. The van der Waals surface area contributed by atoms with Gasteiger partial charge < -0.3 is 4.90 Å². The van der Waals surface area contributed by atoms with Crippen molar-refractivity contribution in [1.82, 2.24) is 4.90 Å². The third kappa shape index (κ3) is 2.24. The fourth-order valence-corrected chi connectivity index (χ4v) is 3.82. The topological polar surface area (TPSA) is 20.3 Å². The van der Waals surface area contributed by atoms with Crippen molar-refractivity contribution in [1.29, 1.82) is 0 Å². The molecule has 0 N–H and O–H groups in total. The largest absolute Gasteiger partial charge is 0.341 e. The summed E-state index contributed by atoms with van der Waals surface area (Å²) in [6.07, 6.45) is 6.34. The molecule has 1 unspecified atom stereocenters. The van der Waals surface area contributed by atoms with E-state index in [2.05, 4.69) is 23.6 Å². The molecule has 1 atom stereocenters. The zero-order chi connectivity index (χ0) is 11.2. The number of amides is 1. The molecule has 3 fully saturated rings. The molecule has 2 aliphatic carbocycles. The monoisotopic (exact) mass is 239 g/mol. The molecule has 0 bridgehead atoms. The van der Waals surface area contributed by atoms with Gasteiger partial charge in [-0.25, -0.2) is 0 Å². The Bertz CT molecular complexity index is 296. The molecule has 3 heteroatoms. The molecule has 0 aromatic rings. The van der Waals surface area contributed by atoms with Crippen LogP contribution in [0.4, 0.5) is 0 Å². The van der Waals surface area contributed by atoms with Crippen molar-refractivity contribution >= 4 is 17.7 Å². The Balaban J connectivity index is 1.46. The zero-order valence-electron chi connectivity index (χ0n) is 10.1. The minimum absolute atomic E-state index is 0.0377. The van der Waals surface area contributed by atoms with Gasteiger partial charge in [0.15, 0.2) is 0 Å². The normalized spacial score (nSPS) is 31.8. The highest BCUT2D eigenvalue weighted by Gasteiger charge is 2.48. The van der Waals surface area contributed by atoms with Crippen LogP contribution >= 0.6 is 11.8 Å². The van der Waals surface area contributed by atoms with Crippen molar-refractivity contribution in [3.63, 3.8) is 0 Å². The van der Waals surface area contributed by atoms with Crippen LogP contribution in [0.2, 0.25) is 0 Å². The van der Waals surface area contributed by atoms with Crippen molar-refractivity contribution in [2.24, 2.45) is 11.3 Å². The summed E-state index contributed by atoms with van der Waals surface area (Å²) in [5.41, 5.74) is 0.0377. The van der Waals surface area contributed by atoms with E-state index in [9.17, 15) is 4.79 Å². The molecule has 1 aliphatic heterocycles. The van der Waals surface area contributed by atoms with E-state index < -0.39 is 0 Å². The van der Waals surface area contributed by atoms with E-state index in [-0.39, 0.29) is 5.41 Å². The maximum absolute atomic E-state index is 12.1. The van der Waals surface area contributed by atoms with E-state index in [0.29, 0.717) is 5.91 Å². The first-order valence-corrected chi connectivity index (χ1v) is 7.63. The first-order chi connectivity index (χ1) is 7.67. The van der Waals surface area contributed by atoms with Crippen molar-refractivity contribution in [2.75, 3.05) is 18.8 Å². The number of likely N-dealkylation sites (tertiary alicyclic amines) is 1. The predicted molar refractivity (Wildman–Crippen MR) is 67.5 cm³/mol. The van der Waals surface area contributed by atoms with Gasteiger partial charge in [0.05, 0.1) is 0 Å². The Morgan fingerprint density at radius 1 is 1.38 bits per heavy atom. The summed E-state index contributed by atoms with van der Waals surface area (Å²) in [6, 6.07) is 0. The van der Waals surface area contributed by atoms with Crippen LogP contribution in [-0.4, -0.2) is 34.9 Å². The first-order valence-electron chi connectivity index (χ1n) is 6.58. The summed E-state index contributed by atoms with van der Waals surface area (Å²) >= 11 is 2.11. The lowest BCUT2D eigenvalue weighted by Crippen LogP contribution is -2.34. The molecule has 0 aromatic heterocycles. The number of hydrogen-bond acceptors (Lipinski definition) is 2. The lowest BCUT2D eigenvalue weighted by atomic mass is 10.1. The summed E-state index contributed by atoms with van der Waals surface area (Å²) in [4.78, 5) is 14.3. The van der Waals surface area contributed by atoms with Crippen LogP contribution in [0.3, 0.4) is 0 Å². The summed E-state index contributed by atoms with van der Waals surface area (Å²) in [5.74, 6) is 2.78. The predicted octanol–water partition coefficient (Wildman–Crippen LogP) is 2.53. The molecule has 3 aliphatic rings. The van der Waals surface area contributed by atoms with Crippen LogP contribution in [0.25, 0.3) is 0 Å². The Morgan fingerprint density at radius 3 is 2.75 bits per heavy atom. The van der Waals surface area contributed by atoms with Crippen molar-refractivity contribution in [2.45, 2.75) is 44.3 Å². The average molecular weight is 239 g/mol. The molecule has 1 heterocycles. The summed E-state index contributed by atoms with van der Waals surface area (Å²) < 4.78 is 0. The number of nitrogens with zero attached hydrogens (tertiary/aromatic N) is 1. The van der Waals surface area contributed by atoms with E-state index in [1.807, 2.05) is 0 Å². The van der Waals surface area contributed by atoms with Gasteiger partial charge in [-0.3, -0.25) is 4.79 Å². The molecule has 1 amide bonds. The Kier molecular flexibility index (Phi) is 2.69. The summed E-state index contributed by atoms with van der Waals surface area (Å²) in [7, 11) is 0. The molecule has 0 aromatic carbocycles. The van der Waals surface area contributed by atoms with E-state index >= 15 is 0 Å². The maximum Gasteiger partial charge on any atom is 0.228 e. The van der Waals surface area contributed by atoms with Crippen molar-refractivity contribution in [3.8, 4) is 0 Å². The first kappa shape index (κ1) is 10.9. The van der Waals surface area contributed by atoms with Crippen molar-refractivity contribution in [3.05, 3.63) is 0 Å². The number of hydrogen-bond donors (Lipinski definition) is 0. The Hall–Kier alpha value is -0.180. The second kappa shape index (κ2) is 3.94. The van der Waals surface area contributed by atoms with Crippen LogP contribution < -0.4 is 0 Å². The quantitative estimate of drug-likeness (QED) is 0.751. The van der Waals surface area contributed by atoms with Crippen LogP contribution in [0.15, 0.2) is 0 Å². The molecule has 1 saturated heterocycles. The van der Waals surface area contributed by atoms with Gasteiger partial charge in [-0.2, -0.15) is 11.8 Å². The van der Waals surface area contributed by atoms with Gasteiger partial charge in [-0.05, 0) is 43.8 Å². The van der Waals surface area contributed by atoms with Crippen LogP contribution in [0.5, 0.6) is 0 Å². The van der Waals surface area contributed by atoms with E-state index in [1.165, 1.54) is 25.0 Å². The second-order valence-electron chi connectivity index (χ2n) is 6.00. The molecule has 3 rings (SSSR count). The molecule has 2 nitrogen and oxygen atoms in total. The average Bonchev–Trinajstić information content (AvgIpc) is 3.18. The van der Waals surface area contributed by atoms with Gasteiger partial charge in [-0.15, -0.1) is 0 Å². The fourth-order valence-electron chi connectivity index (χ4n) is 2.39. The van der Waals surface area contributed by atoms with Crippen LogP contribution in [0.1, 0.15) is 39.0 Å². The number of rotatable bonds is 4. The van der Waals surface area contributed by atoms with Gasteiger partial charge in [0.1, 0.15) is 0 Å². The van der Waals surface area contributed by atoms with Crippen LogP contribution in [-0.2, 0) is 4.79 Å². The standard InChI is InChI=1S/C13H21NOS/c1-13(5-6-13)12(15)14-7-4-11(8-14)16-9-10-2-3-10/h10-11H,2-9H2,1H3. The smallest absolute Gasteiger partial charge is 0.228 e. The minimum Gasteiger partial charge on any atom is -0.341 e. The molecule has 16 heavy (non-hydrogen) atoms. The van der Waals surface area contributed by atoms with E-state index in [4.69, 9.17) is 0 Å². The molecular formula is C13H21NOS. The Labute approximate surface area is 102 Å². The van der Waals surface area contributed by atoms with Gasteiger partial charge in [0, 0.05) is 23.8 Å². The maximum atomic E-state index is 12.1. The number of carbonyl (C=O) groups is 1. The zero-order valence-corrected chi connectivity index (χ0v) is 10.9. The molecule has 0 radical (unpaired) electrons. The third-order valence-electron chi connectivity index (χ3n) is 4.21. The highest BCUT2D eigenvalue weighted by molar-refractivity contribution is 7.99. The van der Waals surface area contributed by atoms with E-state index in [1.54, 1.807) is 0 Å². The second-order valence-corrected chi connectivity index (χ2v) is 7.33. The van der Waals surface area contributed by atoms with Gasteiger partial charge >= 0.3 is 0 Å². The van der Waals surface area contributed by atoms with Gasteiger partial charge in [0.2, 0.25) is 5.91 Å².